The van der Waals surface area contributed by atoms with Crippen LogP contribution in [0.1, 0.15) is 77.0 Å². The Kier molecular flexibility index (Phi) is 6.89. The van der Waals surface area contributed by atoms with Gasteiger partial charge in [0.25, 0.3) is 0 Å². The lowest BCUT2D eigenvalue weighted by Crippen LogP contribution is -2.23. The lowest BCUT2D eigenvalue weighted by molar-refractivity contribution is 0.307. The van der Waals surface area contributed by atoms with E-state index < -0.39 is 0 Å². The third kappa shape index (κ3) is 4.61. The van der Waals surface area contributed by atoms with E-state index in [-0.39, 0.29) is 16.7 Å². The quantitative estimate of drug-likeness (QED) is 0.178. The molecule has 0 amide bonds. The fourth-order valence-corrected chi connectivity index (χ4v) is 7.27. The van der Waals surface area contributed by atoms with E-state index in [9.17, 15) is 0 Å². The van der Waals surface area contributed by atoms with Crippen LogP contribution in [0.5, 0.6) is 0 Å². The fourth-order valence-electron chi connectivity index (χ4n) is 7.27. The second-order valence-corrected chi connectivity index (χ2v) is 14.0. The molecule has 0 fully saturated rings. The molecule has 0 aliphatic heterocycles. The van der Waals surface area contributed by atoms with Crippen molar-refractivity contribution in [3.8, 4) is 0 Å². The van der Waals surface area contributed by atoms with Gasteiger partial charge in [-0.05, 0) is 89.8 Å². The molecule has 7 aromatic carbocycles. The molecule has 0 spiro atoms. The molecular formula is C43H43N. The van der Waals surface area contributed by atoms with Crippen molar-refractivity contribution >= 4 is 54.5 Å². The maximum atomic E-state index is 3.77. The minimum atomic E-state index is 0.0442. The standard InChI is InChI=1S/C43H43N/c1-7-42(3,4)31-20-22-32(23-21-31)44-38-27-26-36(33-14-9-10-15-34(33)38)41(43(5,6)8-2)37-25-19-30-17-16-28-12-11-13-29-18-24-35(37)40(30)39(28)29/h9-27,41,44H,7-8H2,1-6H3. The van der Waals surface area contributed by atoms with E-state index in [4.69, 9.17) is 0 Å². The topological polar surface area (TPSA) is 12.0 Å². The molecule has 220 valence electrons. The summed E-state index contributed by atoms with van der Waals surface area (Å²) in [6.45, 7) is 14.1. The van der Waals surface area contributed by atoms with Crippen LogP contribution < -0.4 is 5.32 Å². The van der Waals surface area contributed by atoms with Gasteiger partial charge in [0.2, 0.25) is 0 Å². The van der Waals surface area contributed by atoms with Crippen molar-refractivity contribution < 1.29 is 0 Å². The van der Waals surface area contributed by atoms with Crippen LogP contribution in [0.25, 0.3) is 43.1 Å². The molecule has 1 N–H and O–H groups in total. The van der Waals surface area contributed by atoms with Gasteiger partial charge in [0.15, 0.2) is 0 Å². The van der Waals surface area contributed by atoms with Crippen LogP contribution in [-0.4, -0.2) is 0 Å². The first-order chi connectivity index (χ1) is 21.2. The number of hydrogen-bond acceptors (Lipinski definition) is 1. The molecule has 0 aliphatic rings. The Hall–Kier alpha value is -4.36. The van der Waals surface area contributed by atoms with Gasteiger partial charge in [-0.1, -0.05) is 145 Å². The highest BCUT2D eigenvalue weighted by molar-refractivity contribution is 6.23. The summed E-state index contributed by atoms with van der Waals surface area (Å²) in [5, 5.41) is 14.5. The predicted molar refractivity (Wildman–Crippen MR) is 193 cm³/mol. The van der Waals surface area contributed by atoms with Crippen molar-refractivity contribution in [3.63, 3.8) is 0 Å². The van der Waals surface area contributed by atoms with Crippen molar-refractivity contribution in [2.75, 3.05) is 5.32 Å². The number of nitrogens with one attached hydrogen (secondary N) is 1. The highest BCUT2D eigenvalue weighted by Crippen LogP contribution is 2.49. The van der Waals surface area contributed by atoms with Crippen LogP contribution in [-0.2, 0) is 5.41 Å². The molecule has 0 aliphatic carbocycles. The van der Waals surface area contributed by atoms with Crippen LogP contribution in [0, 0.1) is 5.41 Å². The van der Waals surface area contributed by atoms with E-state index in [1.165, 1.54) is 59.8 Å². The summed E-state index contributed by atoms with van der Waals surface area (Å²) < 4.78 is 0. The Morgan fingerprint density at radius 3 is 1.80 bits per heavy atom. The second-order valence-electron chi connectivity index (χ2n) is 14.0. The number of fused-ring (bicyclic) bond motifs is 1. The zero-order chi connectivity index (χ0) is 30.6. The summed E-state index contributed by atoms with van der Waals surface area (Å²) >= 11 is 0. The maximum absolute atomic E-state index is 3.77. The van der Waals surface area contributed by atoms with Crippen molar-refractivity contribution in [1.82, 2.24) is 0 Å². The van der Waals surface area contributed by atoms with E-state index >= 15 is 0 Å². The molecule has 0 saturated heterocycles. The monoisotopic (exact) mass is 573 g/mol. The molecule has 0 bridgehead atoms. The number of benzene rings is 7. The number of rotatable bonds is 8. The molecule has 44 heavy (non-hydrogen) atoms. The molecular weight excluding hydrogens is 530 g/mol. The van der Waals surface area contributed by atoms with Crippen LogP contribution in [0.4, 0.5) is 11.4 Å². The number of hydrogen-bond donors (Lipinski definition) is 1. The van der Waals surface area contributed by atoms with E-state index in [0.717, 1.165) is 24.2 Å². The lowest BCUT2D eigenvalue weighted by atomic mass is 9.67. The summed E-state index contributed by atoms with van der Waals surface area (Å²) in [5.74, 6) is 0.228. The summed E-state index contributed by atoms with van der Waals surface area (Å²) in [6.07, 6.45) is 2.20. The average Bonchev–Trinajstić information content (AvgIpc) is 3.05. The van der Waals surface area contributed by atoms with Gasteiger partial charge in [-0.25, -0.2) is 0 Å². The average molecular weight is 574 g/mol. The van der Waals surface area contributed by atoms with Gasteiger partial charge in [0.05, 0.1) is 0 Å². The van der Waals surface area contributed by atoms with Gasteiger partial charge < -0.3 is 5.32 Å². The van der Waals surface area contributed by atoms with Crippen molar-refractivity contribution in [3.05, 3.63) is 132 Å². The SMILES string of the molecule is CCC(C)(C)c1ccc(Nc2ccc(C(c3ccc4ccc5cccc6ccc3c4c56)C(C)(C)CC)c3ccccc23)cc1. The predicted octanol–water partition coefficient (Wildman–Crippen LogP) is 12.7. The van der Waals surface area contributed by atoms with Crippen molar-refractivity contribution in [2.24, 2.45) is 5.41 Å². The molecule has 7 rings (SSSR count). The van der Waals surface area contributed by atoms with Gasteiger partial charge in [-0.15, -0.1) is 0 Å². The van der Waals surface area contributed by atoms with Gasteiger partial charge >= 0.3 is 0 Å². The normalized spacial score (nSPS) is 13.3. The van der Waals surface area contributed by atoms with Gasteiger partial charge in [0, 0.05) is 22.7 Å². The van der Waals surface area contributed by atoms with E-state index in [1.54, 1.807) is 0 Å². The molecule has 1 heteroatoms. The molecule has 0 heterocycles. The van der Waals surface area contributed by atoms with Crippen LogP contribution in [0.3, 0.4) is 0 Å². The van der Waals surface area contributed by atoms with Crippen LogP contribution >= 0.6 is 0 Å². The van der Waals surface area contributed by atoms with E-state index in [1.807, 2.05) is 0 Å². The zero-order valence-corrected chi connectivity index (χ0v) is 27.0. The molecule has 1 unspecified atom stereocenters. The Balaban J connectivity index is 1.39. The van der Waals surface area contributed by atoms with E-state index in [0.29, 0.717) is 0 Å². The van der Waals surface area contributed by atoms with Crippen molar-refractivity contribution in [2.45, 2.75) is 65.7 Å². The minimum absolute atomic E-state index is 0.0442. The largest absolute Gasteiger partial charge is 0.355 e. The lowest BCUT2D eigenvalue weighted by Gasteiger charge is -2.36. The maximum Gasteiger partial charge on any atom is 0.0464 e. The molecule has 1 nitrogen and oxygen atoms in total. The van der Waals surface area contributed by atoms with Crippen molar-refractivity contribution in [1.29, 1.82) is 0 Å². The Bertz CT molecular complexity index is 2100. The summed E-state index contributed by atoms with van der Waals surface area (Å²) in [5.41, 5.74) is 6.69. The summed E-state index contributed by atoms with van der Waals surface area (Å²) in [6, 6.07) is 43.3. The third-order valence-corrected chi connectivity index (χ3v) is 10.7. The minimum Gasteiger partial charge on any atom is -0.355 e. The van der Waals surface area contributed by atoms with Gasteiger partial charge in [0.1, 0.15) is 0 Å². The fraction of sp³-hybridized carbons (Fsp3) is 0.256. The zero-order valence-electron chi connectivity index (χ0n) is 27.0. The van der Waals surface area contributed by atoms with Crippen LogP contribution in [0.15, 0.2) is 115 Å². The third-order valence-electron chi connectivity index (χ3n) is 10.7. The van der Waals surface area contributed by atoms with E-state index in [2.05, 4.69) is 162 Å². The van der Waals surface area contributed by atoms with Gasteiger partial charge in [-0.2, -0.15) is 0 Å². The first-order valence-electron chi connectivity index (χ1n) is 16.3. The Morgan fingerprint density at radius 1 is 0.523 bits per heavy atom. The highest BCUT2D eigenvalue weighted by Gasteiger charge is 2.33. The molecule has 0 aromatic heterocycles. The number of anilines is 2. The molecule has 0 saturated carbocycles. The Labute approximate surface area is 262 Å². The Morgan fingerprint density at radius 2 is 1.11 bits per heavy atom. The molecule has 0 radical (unpaired) electrons. The first-order valence-corrected chi connectivity index (χ1v) is 16.3. The summed E-state index contributed by atoms with van der Waals surface area (Å²) in [7, 11) is 0. The highest BCUT2D eigenvalue weighted by atomic mass is 14.9. The molecule has 7 aromatic rings. The second kappa shape index (κ2) is 10.7. The molecule has 1 atom stereocenters. The smallest absolute Gasteiger partial charge is 0.0464 e. The van der Waals surface area contributed by atoms with Crippen LogP contribution in [0.2, 0.25) is 0 Å². The van der Waals surface area contributed by atoms with Gasteiger partial charge in [-0.3, -0.25) is 0 Å². The summed E-state index contributed by atoms with van der Waals surface area (Å²) in [4.78, 5) is 0. The first kappa shape index (κ1) is 28.4.